The monoisotopic (exact) mass is 342 g/mol. The van der Waals surface area contributed by atoms with E-state index in [0.717, 1.165) is 11.3 Å². The maximum atomic E-state index is 12.4. The molecule has 0 aliphatic carbocycles. The maximum Gasteiger partial charge on any atom is 0.318 e. The molecule has 1 aliphatic rings. The normalized spacial score (nSPS) is 13.3. The lowest BCUT2D eigenvalue weighted by atomic mass is 10.2. The fourth-order valence-corrected chi connectivity index (χ4v) is 2.89. The Morgan fingerprint density at radius 2 is 2.28 bits per heavy atom. The summed E-state index contributed by atoms with van der Waals surface area (Å²) in [5.74, 6) is 1.75. The van der Waals surface area contributed by atoms with Crippen LogP contribution in [0.4, 0.5) is 4.79 Å². The van der Waals surface area contributed by atoms with Crippen LogP contribution in [0.1, 0.15) is 29.8 Å². The van der Waals surface area contributed by atoms with Crippen molar-refractivity contribution < 1.29 is 13.7 Å². The van der Waals surface area contributed by atoms with Crippen LogP contribution in [0.3, 0.4) is 0 Å². The standard InChI is InChI=1S/C16H18N6O3/c1-3-13-18-15(25-20-13)14-11-8-22(9-12(11)21(2)19-14)16(23)17-7-10-5-4-6-24-10/h4-6H,3,7-9H2,1-2H3,(H,17,23). The van der Waals surface area contributed by atoms with Gasteiger partial charge in [0.15, 0.2) is 11.5 Å². The summed E-state index contributed by atoms with van der Waals surface area (Å²) in [6.45, 7) is 3.25. The molecule has 1 N–H and O–H groups in total. The van der Waals surface area contributed by atoms with Gasteiger partial charge < -0.3 is 19.2 Å². The van der Waals surface area contributed by atoms with Crippen LogP contribution >= 0.6 is 0 Å². The third-order valence-electron chi connectivity index (χ3n) is 4.23. The van der Waals surface area contributed by atoms with Gasteiger partial charge in [-0.05, 0) is 12.1 Å². The van der Waals surface area contributed by atoms with Crippen molar-refractivity contribution in [2.45, 2.75) is 33.0 Å². The number of amides is 2. The summed E-state index contributed by atoms with van der Waals surface area (Å²) >= 11 is 0. The minimum Gasteiger partial charge on any atom is -0.467 e. The highest BCUT2D eigenvalue weighted by Crippen LogP contribution is 2.31. The predicted molar refractivity (Wildman–Crippen MR) is 86.1 cm³/mol. The van der Waals surface area contributed by atoms with Gasteiger partial charge in [0.1, 0.15) is 5.76 Å². The summed E-state index contributed by atoms with van der Waals surface area (Å²) in [5, 5.41) is 11.3. The zero-order chi connectivity index (χ0) is 17.4. The van der Waals surface area contributed by atoms with Gasteiger partial charge in [-0.2, -0.15) is 10.1 Å². The van der Waals surface area contributed by atoms with Gasteiger partial charge in [-0.3, -0.25) is 4.68 Å². The molecule has 0 fully saturated rings. The molecule has 0 saturated carbocycles. The first-order valence-corrected chi connectivity index (χ1v) is 8.08. The average molecular weight is 342 g/mol. The number of nitrogens with zero attached hydrogens (tertiary/aromatic N) is 5. The van der Waals surface area contributed by atoms with E-state index in [1.807, 2.05) is 20.0 Å². The Balaban J connectivity index is 1.50. The van der Waals surface area contributed by atoms with E-state index in [4.69, 9.17) is 8.94 Å². The number of fused-ring (bicyclic) bond motifs is 1. The third-order valence-corrected chi connectivity index (χ3v) is 4.23. The first-order chi connectivity index (χ1) is 12.2. The Morgan fingerprint density at radius 3 is 3.00 bits per heavy atom. The van der Waals surface area contributed by atoms with Crippen molar-refractivity contribution in [2.24, 2.45) is 7.05 Å². The van der Waals surface area contributed by atoms with E-state index in [-0.39, 0.29) is 6.03 Å². The molecular formula is C16H18N6O3. The maximum absolute atomic E-state index is 12.4. The van der Waals surface area contributed by atoms with Crippen molar-refractivity contribution in [3.8, 4) is 11.6 Å². The van der Waals surface area contributed by atoms with Gasteiger partial charge in [0.25, 0.3) is 5.89 Å². The van der Waals surface area contributed by atoms with E-state index in [2.05, 4.69) is 20.6 Å². The van der Waals surface area contributed by atoms with Crippen LogP contribution in [0.5, 0.6) is 0 Å². The number of aromatic nitrogens is 4. The molecule has 0 bridgehead atoms. The minimum absolute atomic E-state index is 0.154. The summed E-state index contributed by atoms with van der Waals surface area (Å²) in [5.41, 5.74) is 2.56. The Morgan fingerprint density at radius 1 is 1.40 bits per heavy atom. The summed E-state index contributed by atoms with van der Waals surface area (Å²) in [6, 6.07) is 3.46. The molecule has 3 aromatic rings. The molecule has 0 saturated heterocycles. The lowest BCUT2D eigenvalue weighted by molar-refractivity contribution is 0.196. The fraction of sp³-hybridized carbons (Fsp3) is 0.375. The Kier molecular flexibility index (Phi) is 3.75. The number of carbonyl (C=O) groups excluding carboxylic acids is 1. The smallest absolute Gasteiger partial charge is 0.318 e. The zero-order valence-electron chi connectivity index (χ0n) is 14.0. The molecule has 9 heteroatoms. The fourth-order valence-electron chi connectivity index (χ4n) is 2.89. The molecule has 9 nitrogen and oxygen atoms in total. The lowest BCUT2D eigenvalue weighted by Crippen LogP contribution is -2.36. The second-order valence-corrected chi connectivity index (χ2v) is 5.86. The van der Waals surface area contributed by atoms with Crippen LogP contribution in [0, 0.1) is 0 Å². The van der Waals surface area contributed by atoms with Gasteiger partial charge >= 0.3 is 6.03 Å². The van der Waals surface area contributed by atoms with E-state index in [0.29, 0.717) is 49.2 Å². The molecule has 0 aromatic carbocycles. The van der Waals surface area contributed by atoms with Gasteiger partial charge in [0.05, 0.1) is 31.6 Å². The van der Waals surface area contributed by atoms with Crippen molar-refractivity contribution in [2.75, 3.05) is 0 Å². The van der Waals surface area contributed by atoms with Crippen molar-refractivity contribution in [1.82, 2.24) is 30.1 Å². The Hall–Kier alpha value is -3.10. The number of hydrogen-bond acceptors (Lipinski definition) is 6. The van der Waals surface area contributed by atoms with Gasteiger partial charge in [-0.1, -0.05) is 12.1 Å². The van der Waals surface area contributed by atoms with Crippen LogP contribution in [0.2, 0.25) is 0 Å². The number of hydrogen-bond donors (Lipinski definition) is 1. The Bertz CT molecular complexity index is 895. The van der Waals surface area contributed by atoms with Crippen molar-refractivity contribution in [3.63, 3.8) is 0 Å². The van der Waals surface area contributed by atoms with Crippen molar-refractivity contribution >= 4 is 6.03 Å². The molecule has 1 aliphatic heterocycles. The summed E-state index contributed by atoms with van der Waals surface area (Å²) in [6.07, 6.45) is 2.28. The van der Waals surface area contributed by atoms with E-state index in [1.54, 1.807) is 21.9 Å². The second-order valence-electron chi connectivity index (χ2n) is 5.86. The molecule has 4 heterocycles. The second kappa shape index (κ2) is 6.08. The van der Waals surface area contributed by atoms with Crippen LogP contribution in [-0.4, -0.2) is 30.9 Å². The topological polar surface area (TPSA) is 102 Å². The number of nitrogens with one attached hydrogen (secondary N) is 1. The Labute approximate surface area is 143 Å². The lowest BCUT2D eigenvalue weighted by Gasteiger charge is -2.16. The van der Waals surface area contributed by atoms with Crippen LogP contribution in [0.15, 0.2) is 27.3 Å². The number of furan rings is 1. The van der Waals surface area contributed by atoms with Crippen LogP contribution in [0.25, 0.3) is 11.6 Å². The van der Waals surface area contributed by atoms with Gasteiger partial charge in [0, 0.05) is 19.0 Å². The summed E-state index contributed by atoms with van der Waals surface area (Å²) < 4.78 is 12.3. The number of carbonyl (C=O) groups is 1. The molecule has 0 radical (unpaired) electrons. The van der Waals surface area contributed by atoms with E-state index in [1.165, 1.54) is 0 Å². The van der Waals surface area contributed by atoms with Gasteiger partial charge in [-0.15, -0.1) is 0 Å². The van der Waals surface area contributed by atoms with Crippen LogP contribution < -0.4 is 5.32 Å². The van der Waals surface area contributed by atoms with Crippen molar-refractivity contribution in [1.29, 1.82) is 0 Å². The van der Waals surface area contributed by atoms with E-state index < -0.39 is 0 Å². The number of urea groups is 1. The van der Waals surface area contributed by atoms with E-state index >= 15 is 0 Å². The van der Waals surface area contributed by atoms with Crippen LogP contribution in [-0.2, 0) is 33.1 Å². The van der Waals surface area contributed by atoms with Gasteiger partial charge in [0.2, 0.25) is 0 Å². The summed E-state index contributed by atoms with van der Waals surface area (Å²) in [7, 11) is 1.85. The molecule has 0 spiro atoms. The molecule has 4 rings (SSSR count). The highest BCUT2D eigenvalue weighted by atomic mass is 16.5. The molecule has 0 atom stereocenters. The predicted octanol–water partition coefficient (Wildman–Crippen LogP) is 1.85. The quantitative estimate of drug-likeness (QED) is 0.776. The zero-order valence-corrected chi connectivity index (χ0v) is 14.0. The molecule has 2 amide bonds. The molecule has 0 unspecified atom stereocenters. The molecule has 25 heavy (non-hydrogen) atoms. The van der Waals surface area contributed by atoms with E-state index in [9.17, 15) is 4.79 Å². The average Bonchev–Trinajstić information content (AvgIpc) is 3.38. The molecular weight excluding hydrogens is 324 g/mol. The third kappa shape index (κ3) is 2.77. The van der Waals surface area contributed by atoms with Crippen molar-refractivity contribution in [3.05, 3.63) is 41.2 Å². The first-order valence-electron chi connectivity index (χ1n) is 8.08. The SMILES string of the molecule is CCc1noc(-c2nn(C)c3c2CN(C(=O)NCc2ccco2)C3)n1. The molecule has 3 aromatic heterocycles. The molecule has 130 valence electrons. The first kappa shape index (κ1) is 15.4. The highest BCUT2D eigenvalue weighted by Gasteiger charge is 2.32. The largest absolute Gasteiger partial charge is 0.467 e. The number of aryl methyl sites for hydroxylation is 2. The van der Waals surface area contributed by atoms with Gasteiger partial charge in [-0.25, -0.2) is 4.79 Å². The summed E-state index contributed by atoms with van der Waals surface area (Å²) in [4.78, 5) is 18.5. The number of rotatable bonds is 4. The highest BCUT2D eigenvalue weighted by molar-refractivity contribution is 5.75. The minimum atomic E-state index is -0.154.